The third-order valence-electron chi connectivity index (χ3n) is 8.26. The summed E-state index contributed by atoms with van der Waals surface area (Å²) < 4.78 is 0. The van der Waals surface area contributed by atoms with Crippen molar-refractivity contribution in [1.82, 2.24) is 20.2 Å². The second-order valence-corrected chi connectivity index (χ2v) is 10.4. The zero-order chi connectivity index (χ0) is 24.9. The Morgan fingerprint density at radius 2 is 1.64 bits per heavy atom. The lowest BCUT2D eigenvalue weighted by molar-refractivity contribution is -0.115. The predicted molar refractivity (Wildman–Crippen MR) is 139 cm³/mol. The van der Waals surface area contributed by atoms with Gasteiger partial charge in [0.1, 0.15) is 0 Å². The van der Waals surface area contributed by atoms with Crippen molar-refractivity contribution in [2.45, 2.75) is 43.2 Å². The molecule has 184 valence electrons. The molecular weight excluding hydrogens is 452 g/mol. The highest BCUT2D eigenvalue weighted by Gasteiger charge is 2.50. The summed E-state index contributed by atoms with van der Waals surface area (Å²) in [7, 11) is 4.30. The second kappa shape index (κ2) is 8.41. The molecule has 1 saturated heterocycles. The van der Waals surface area contributed by atoms with E-state index in [-0.39, 0.29) is 23.0 Å². The van der Waals surface area contributed by atoms with Crippen molar-refractivity contribution in [2.24, 2.45) is 0 Å². The summed E-state index contributed by atoms with van der Waals surface area (Å²) >= 11 is 0. The van der Waals surface area contributed by atoms with Crippen LogP contribution >= 0.6 is 0 Å². The van der Waals surface area contributed by atoms with E-state index in [1.54, 1.807) is 17.3 Å². The Kier molecular flexibility index (Phi) is 5.30. The van der Waals surface area contributed by atoms with E-state index in [0.717, 1.165) is 42.5 Å². The molecule has 3 aromatic rings. The van der Waals surface area contributed by atoms with Crippen molar-refractivity contribution in [3.63, 3.8) is 0 Å². The molecule has 0 atom stereocenters. The first kappa shape index (κ1) is 22.7. The highest BCUT2D eigenvalue weighted by atomic mass is 16.2. The molecule has 2 aliphatic heterocycles. The van der Waals surface area contributed by atoms with E-state index in [9.17, 15) is 9.59 Å². The minimum Gasteiger partial charge on any atom is -0.330 e. The highest BCUT2D eigenvalue weighted by molar-refractivity contribution is 6.01. The van der Waals surface area contributed by atoms with Gasteiger partial charge in [-0.25, -0.2) is 14.8 Å². The van der Waals surface area contributed by atoms with Crippen molar-refractivity contribution in [1.29, 1.82) is 0 Å². The minimum atomic E-state index is -0.254. The number of hydrogen-bond acceptors (Lipinski definition) is 5. The molecule has 3 amide bonds. The van der Waals surface area contributed by atoms with E-state index in [4.69, 9.17) is 0 Å². The molecule has 1 aliphatic carbocycles. The number of nitrogens with one attached hydrogen (secondary N) is 2. The maximum Gasteiger partial charge on any atom is 0.322 e. The Morgan fingerprint density at radius 3 is 2.33 bits per heavy atom. The van der Waals surface area contributed by atoms with E-state index < -0.39 is 0 Å². The number of fused-ring (bicyclic) bond motifs is 1. The lowest BCUT2D eigenvalue weighted by Crippen LogP contribution is -2.54. The van der Waals surface area contributed by atoms with E-state index in [1.165, 1.54) is 5.56 Å². The van der Waals surface area contributed by atoms with Crippen LogP contribution < -0.4 is 15.5 Å². The zero-order valence-electron chi connectivity index (χ0n) is 20.6. The highest BCUT2D eigenvalue weighted by Crippen LogP contribution is 2.46. The Hall–Kier alpha value is -3.78. The Balaban J connectivity index is 1.20. The molecule has 0 radical (unpaired) electrons. The second-order valence-electron chi connectivity index (χ2n) is 10.4. The van der Waals surface area contributed by atoms with Gasteiger partial charge in [0.2, 0.25) is 5.91 Å². The maximum atomic E-state index is 13.1. The van der Waals surface area contributed by atoms with Crippen LogP contribution in [0.25, 0.3) is 11.4 Å². The van der Waals surface area contributed by atoms with Crippen LogP contribution in [0.3, 0.4) is 0 Å². The summed E-state index contributed by atoms with van der Waals surface area (Å²) in [6.45, 7) is 0.603. The number of aromatic nitrogens is 2. The molecule has 0 unspecified atom stereocenters. The van der Waals surface area contributed by atoms with Crippen molar-refractivity contribution in [2.75, 3.05) is 30.9 Å². The number of nitrogens with zero attached hydrogens (tertiary/aromatic N) is 4. The summed E-state index contributed by atoms with van der Waals surface area (Å²) in [6.07, 6.45) is 7.49. The summed E-state index contributed by atoms with van der Waals surface area (Å²) in [6, 6.07) is 16.3. The quantitative estimate of drug-likeness (QED) is 0.588. The fourth-order valence-electron chi connectivity index (χ4n) is 6.14. The summed E-state index contributed by atoms with van der Waals surface area (Å²) in [5.74, 6) is 0.531. The Labute approximate surface area is 210 Å². The van der Waals surface area contributed by atoms with Gasteiger partial charge in [-0.1, -0.05) is 42.5 Å². The van der Waals surface area contributed by atoms with E-state index in [2.05, 4.69) is 69.9 Å². The molecule has 1 saturated carbocycles. The molecule has 0 bridgehead atoms. The molecule has 1 spiro atoms. The van der Waals surface area contributed by atoms with Crippen LogP contribution in [0.4, 0.5) is 16.2 Å². The van der Waals surface area contributed by atoms with Gasteiger partial charge < -0.3 is 10.6 Å². The molecule has 3 aliphatic rings. The van der Waals surface area contributed by atoms with Crippen LogP contribution in [0.5, 0.6) is 0 Å². The summed E-state index contributed by atoms with van der Waals surface area (Å²) in [5.41, 5.74) is 4.30. The van der Waals surface area contributed by atoms with Crippen molar-refractivity contribution < 1.29 is 9.59 Å². The molecular formula is C28H30N6O2. The van der Waals surface area contributed by atoms with Crippen molar-refractivity contribution in [3.8, 4) is 11.4 Å². The minimum absolute atomic E-state index is 0.0221. The van der Waals surface area contributed by atoms with Gasteiger partial charge in [-0.05, 0) is 57.0 Å². The number of benzene rings is 2. The fraction of sp³-hybridized carbons (Fsp3) is 0.357. The van der Waals surface area contributed by atoms with Gasteiger partial charge in [0, 0.05) is 16.8 Å². The molecule has 1 aromatic heterocycles. The van der Waals surface area contributed by atoms with Crippen LogP contribution in [-0.2, 0) is 16.8 Å². The van der Waals surface area contributed by atoms with Gasteiger partial charge >= 0.3 is 6.03 Å². The topological polar surface area (TPSA) is 90.5 Å². The number of urea groups is 1. The molecule has 6 rings (SSSR count). The van der Waals surface area contributed by atoms with Crippen LogP contribution in [0.2, 0.25) is 0 Å². The van der Waals surface area contributed by atoms with Crippen LogP contribution in [0.1, 0.15) is 36.8 Å². The Morgan fingerprint density at radius 1 is 0.917 bits per heavy atom. The monoisotopic (exact) mass is 482 g/mol. The number of rotatable bonds is 4. The molecule has 2 N–H and O–H groups in total. The summed E-state index contributed by atoms with van der Waals surface area (Å²) in [5, 5.41) is 6.17. The van der Waals surface area contributed by atoms with Gasteiger partial charge in [0.25, 0.3) is 0 Å². The van der Waals surface area contributed by atoms with E-state index >= 15 is 0 Å². The van der Waals surface area contributed by atoms with Gasteiger partial charge in [-0.3, -0.25) is 14.6 Å². The molecule has 8 nitrogen and oxygen atoms in total. The molecule has 8 heteroatoms. The smallest absolute Gasteiger partial charge is 0.322 e. The lowest BCUT2D eigenvalue weighted by atomic mass is 9.69. The van der Waals surface area contributed by atoms with Gasteiger partial charge in [0.05, 0.1) is 36.6 Å². The summed E-state index contributed by atoms with van der Waals surface area (Å²) in [4.78, 5) is 38.1. The van der Waals surface area contributed by atoms with Crippen LogP contribution in [-0.4, -0.2) is 53.0 Å². The molecule has 3 heterocycles. The van der Waals surface area contributed by atoms with Crippen LogP contribution in [0.15, 0.2) is 60.9 Å². The zero-order valence-corrected chi connectivity index (χ0v) is 20.6. The van der Waals surface area contributed by atoms with Crippen molar-refractivity contribution >= 4 is 23.3 Å². The van der Waals surface area contributed by atoms with E-state index in [1.807, 2.05) is 18.2 Å². The third-order valence-corrected chi connectivity index (χ3v) is 8.26. The van der Waals surface area contributed by atoms with Crippen LogP contribution in [0, 0.1) is 0 Å². The average Bonchev–Trinajstić information content (AvgIpc) is 3.43. The van der Waals surface area contributed by atoms with Crippen molar-refractivity contribution in [3.05, 3.63) is 72.1 Å². The first-order valence-electron chi connectivity index (χ1n) is 12.5. The largest absolute Gasteiger partial charge is 0.330 e. The molecule has 36 heavy (non-hydrogen) atoms. The normalized spacial score (nSPS) is 25.2. The number of carbonyl (C=O) groups is 2. The lowest BCUT2D eigenvalue weighted by Gasteiger charge is -2.48. The predicted octanol–water partition coefficient (Wildman–Crippen LogP) is 3.94. The number of amides is 3. The first-order valence-corrected chi connectivity index (χ1v) is 12.5. The standard InChI is InChI=1S/C28H30N6O2/c1-33(2)28(19-7-4-3-5-8-19)13-11-27(12-14-28)18-34(26(36)32-27)20-16-29-25(30-17-20)21-9-6-10-23-22(21)15-24(35)31-23/h3-10,16-17H,11-15,18H2,1-2H3,(H,31,35)(H,32,36)/t27-,28-. The first-order chi connectivity index (χ1) is 17.4. The third kappa shape index (κ3) is 3.64. The van der Waals surface area contributed by atoms with E-state index in [0.29, 0.717) is 24.5 Å². The van der Waals surface area contributed by atoms with Gasteiger partial charge in [-0.15, -0.1) is 0 Å². The molecule has 2 aromatic carbocycles. The van der Waals surface area contributed by atoms with Gasteiger partial charge in [-0.2, -0.15) is 0 Å². The number of hydrogen-bond donors (Lipinski definition) is 2. The number of anilines is 2. The molecule has 2 fully saturated rings. The fourth-order valence-corrected chi connectivity index (χ4v) is 6.14. The maximum absolute atomic E-state index is 13.1. The SMILES string of the molecule is CN(C)[C@]1(c2ccccc2)CC[C@@]2(CC1)CN(c1cnc(-c3cccc4c3CC(=O)N4)nc1)C(=O)N2. The Bertz CT molecular complexity index is 1310. The average molecular weight is 483 g/mol. The van der Waals surface area contributed by atoms with Gasteiger partial charge in [0.15, 0.2) is 5.82 Å². The number of carbonyl (C=O) groups excluding carboxylic acids is 2.